The number of halogens is 3. The van der Waals surface area contributed by atoms with Gasteiger partial charge in [-0.15, -0.1) is 0 Å². The highest BCUT2D eigenvalue weighted by molar-refractivity contribution is 4.47. The lowest BCUT2D eigenvalue weighted by Crippen LogP contribution is -2.15. The van der Waals surface area contributed by atoms with Gasteiger partial charge in [0.05, 0.1) is 13.0 Å². The number of rotatable bonds is 3. The molecule has 0 aromatic heterocycles. The minimum atomic E-state index is -4.20. The molecule has 5 heteroatoms. The Bertz CT molecular complexity index is 89.4. The molecule has 1 atom stereocenters. The smallest absolute Gasteiger partial charge is 0.368 e. The molecule has 0 saturated heterocycles. The van der Waals surface area contributed by atoms with Crippen LogP contribution in [0.1, 0.15) is 13.3 Å². The van der Waals surface area contributed by atoms with E-state index in [1.54, 1.807) is 0 Å². The summed E-state index contributed by atoms with van der Waals surface area (Å²) in [6.07, 6.45) is -6.34. The molecule has 0 aromatic carbocycles. The molecule has 0 aromatic rings. The van der Waals surface area contributed by atoms with E-state index in [4.69, 9.17) is 5.11 Å². The summed E-state index contributed by atoms with van der Waals surface area (Å²) < 4.78 is 38.3. The molecule has 0 rings (SSSR count). The predicted octanol–water partition coefficient (Wildman–Crippen LogP) is 1.29. The highest BCUT2D eigenvalue weighted by Gasteiger charge is 2.26. The van der Waals surface area contributed by atoms with Crippen molar-refractivity contribution in [3.05, 3.63) is 0 Å². The van der Waals surface area contributed by atoms with Crippen LogP contribution >= 0.6 is 0 Å². The van der Waals surface area contributed by atoms with Gasteiger partial charge in [0, 0.05) is 0 Å². The average Bonchev–Trinajstić information content (AvgIpc) is 1.59. The summed E-state index contributed by atoms with van der Waals surface area (Å²) in [4.78, 5) is 0. The van der Waals surface area contributed by atoms with E-state index in [1.807, 2.05) is 0 Å². The van der Waals surface area contributed by atoms with Gasteiger partial charge < -0.3 is 9.84 Å². The first-order valence-electron chi connectivity index (χ1n) is 2.78. The Morgan fingerprint density at radius 1 is 1.50 bits per heavy atom. The van der Waals surface area contributed by atoms with Gasteiger partial charge in [0.25, 0.3) is 0 Å². The second-order valence-corrected chi connectivity index (χ2v) is 1.84. The Labute approximate surface area is 56.6 Å². The van der Waals surface area contributed by atoms with Crippen molar-refractivity contribution in [1.82, 2.24) is 0 Å². The zero-order chi connectivity index (χ0) is 8.20. The van der Waals surface area contributed by atoms with Crippen LogP contribution in [0, 0.1) is 0 Å². The van der Waals surface area contributed by atoms with E-state index in [0.717, 1.165) is 0 Å². The van der Waals surface area contributed by atoms with Gasteiger partial charge >= 0.3 is 6.18 Å². The molecule has 0 spiro atoms. The highest BCUT2D eigenvalue weighted by atomic mass is 19.4. The van der Waals surface area contributed by atoms with Gasteiger partial charge in [-0.05, 0) is 6.92 Å². The van der Waals surface area contributed by atoms with Crippen molar-refractivity contribution in [2.75, 3.05) is 6.61 Å². The zero-order valence-corrected chi connectivity index (χ0v) is 5.48. The fraction of sp³-hybridized carbons (Fsp3) is 1.00. The second-order valence-electron chi connectivity index (χ2n) is 1.84. The van der Waals surface area contributed by atoms with Crippen molar-refractivity contribution >= 4 is 0 Å². The van der Waals surface area contributed by atoms with E-state index in [1.165, 1.54) is 6.92 Å². The normalized spacial score (nSPS) is 15.3. The molecule has 0 bridgehead atoms. The van der Waals surface area contributed by atoms with Crippen LogP contribution in [0.15, 0.2) is 0 Å². The van der Waals surface area contributed by atoms with Crippen molar-refractivity contribution in [2.24, 2.45) is 0 Å². The van der Waals surface area contributed by atoms with E-state index >= 15 is 0 Å². The molecule has 0 fully saturated rings. The first kappa shape index (κ1) is 9.71. The lowest BCUT2D eigenvalue weighted by atomic mass is 10.4. The van der Waals surface area contributed by atoms with Crippen molar-refractivity contribution in [2.45, 2.75) is 25.8 Å². The average molecular weight is 158 g/mol. The van der Waals surface area contributed by atoms with Crippen LogP contribution in [0.4, 0.5) is 13.2 Å². The van der Waals surface area contributed by atoms with Crippen LogP contribution in [-0.2, 0) is 4.74 Å². The minimum absolute atomic E-state index is 0.485. The zero-order valence-electron chi connectivity index (χ0n) is 5.48. The summed E-state index contributed by atoms with van der Waals surface area (Å²) >= 11 is 0. The topological polar surface area (TPSA) is 29.5 Å². The molecular weight excluding hydrogens is 149 g/mol. The van der Waals surface area contributed by atoms with Crippen molar-refractivity contribution in [3.63, 3.8) is 0 Å². The van der Waals surface area contributed by atoms with E-state index in [0.29, 0.717) is 0 Å². The van der Waals surface area contributed by atoms with E-state index in [9.17, 15) is 13.2 Å². The summed E-state index contributed by atoms with van der Waals surface area (Å²) in [5.41, 5.74) is 0. The summed E-state index contributed by atoms with van der Waals surface area (Å²) in [6.45, 7) is 0.775. The maximum absolute atomic E-state index is 11.3. The molecule has 0 heterocycles. The second kappa shape index (κ2) is 3.78. The van der Waals surface area contributed by atoms with Crippen molar-refractivity contribution in [1.29, 1.82) is 0 Å². The van der Waals surface area contributed by atoms with Crippen molar-refractivity contribution < 1.29 is 23.0 Å². The van der Waals surface area contributed by atoms with Gasteiger partial charge in [-0.25, -0.2) is 0 Å². The molecule has 62 valence electrons. The summed E-state index contributed by atoms with van der Waals surface area (Å²) in [7, 11) is 0. The lowest BCUT2D eigenvalue weighted by Gasteiger charge is -2.08. The summed E-state index contributed by atoms with van der Waals surface area (Å²) in [6, 6.07) is 0. The number of hydrogen-bond donors (Lipinski definition) is 1. The van der Waals surface area contributed by atoms with E-state index in [-0.39, 0.29) is 0 Å². The van der Waals surface area contributed by atoms with Gasteiger partial charge in [0.15, 0.2) is 6.29 Å². The third-order valence-corrected chi connectivity index (χ3v) is 0.745. The third-order valence-electron chi connectivity index (χ3n) is 0.745. The highest BCUT2D eigenvalue weighted by Crippen LogP contribution is 2.18. The molecule has 1 N–H and O–H groups in total. The van der Waals surface area contributed by atoms with Gasteiger partial charge in [0.2, 0.25) is 0 Å². The quantitative estimate of drug-likeness (QED) is 0.627. The number of hydrogen-bond acceptors (Lipinski definition) is 2. The van der Waals surface area contributed by atoms with Crippen LogP contribution in [0.25, 0.3) is 0 Å². The largest absolute Gasteiger partial charge is 0.391 e. The molecule has 0 radical (unpaired) electrons. The number of aliphatic hydroxyl groups excluding tert-OH is 1. The van der Waals surface area contributed by atoms with Crippen LogP contribution in [-0.4, -0.2) is 24.2 Å². The molecule has 2 nitrogen and oxygen atoms in total. The Morgan fingerprint density at radius 2 is 2.00 bits per heavy atom. The fourth-order valence-corrected chi connectivity index (χ4v) is 0.345. The Morgan fingerprint density at radius 3 is 2.30 bits per heavy atom. The molecule has 0 aliphatic rings. The summed E-state index contributed by atoms with van der Waals surface area (Å²) in [5, 5.41) is 8.36. The Hall–Kier alpha value is -0.290. The van der Waals surface area contributed by atoms with Crippen LogP contribution < -0.4 is 0 Å². The molecule has 0 saturated carbocycles. The summed E-state index contributed by atoms with van der Waals surface area (Å²) in [5.74, 6) is 0. The Balaban J connectivity index is 3.21. The maximum atomic E-state index is 11.3. The van der Waals surface area contributed by atoms with Crippen molar-refractivity contribution in [3.8, 4) is 0 Å². The number of aliphatic hydroxyl groups is 1. The van der Waals surface area contributed by atoms with Gasteiger partial charge in [-0.1, -0.05) is 0 Å². The minimum Gasteiger partial charge on any atom is -0.368 e. The standard InChI is InChI=1S/C5H9F3O2/c1-4(9)10-3-2-5(6,7)8/h4,9H,2-3H2,1H3. The molecule has 1 unspecified atom stereocenters. The molecular formula is C5H9F3O2. The first-order valence-corrected chi connectivity index (χ1v) is 2.78. The van der Waals surface area contributed by atoms with Crippen LogP contribution in [0.5, 0.6) is 0 Å². The first-order chi connectivity index (χ1) is 4.42. The van der Waals surface area contributed by atoms with Gasteiger partial charge in [0.1, 0.15) is 0 Å². The molecule has 0 aliphatic carbocycles. The number of alkyl halides is 3. The molecule has 10 heavy (non-hydrogen) atoms. The Kier molecular flexibility index (Phi) is 3.67. The van der Waals surface area contributed by atoms with Crippen LogP contribution in [0.3, 0.4) is 0 Å². The monoisotopic (exact) mass is 158 g/mol. The van der Waals surface area contributed by atoms with E-state index in [2.05, 4.69) is 4.74 Å². The fourth-order valence-electron chi connectivity index (χ4n) is 0.345. The predicted molar refractivity (Wildman–Crippen MR) is 28.3 cm³/mol. The van der Waals surface area contributed by atoms with Gasteiger partial charge in [-0.3, -0.25) is 0 Å². The lowest BCUT2D eigenvalue weighted by molar-refractivity contribution is -0.163. The third kappa shape index (κ3) is 7.71. The molecule has 0 aliphatic heterocycles. The molecule has 0 amide bonds. The number of ether oxygens (including phenoxy) is 1. The van der Waals surface area contributed by atoms with E-state index < -0.39 is 25.5 Å². The van der Waals surface area contributed by atoms with Gasteiger partial charge in [-0.2, -0.15) is 13.2 Å². The van der Waals surface area contributed by atoms with Crippen LogP contribution in [0.2, 0.25) is 0 Å². The SMILES string of the molecule is CC(O)OCCC(F)(F)F. The maximum Gasteiger partial charge on any atom is 0.391 e.